The number of amides is 3. The summed E-state index contributed by atoms with van der Waals surface area (Å²) in [5, 5.41) is 2.37. The molecule has 0 spiro atoms. The third-order valence-electron chi connectivity index (χ3n) is 7.45. The highest BCUT2D eigenvalue weighted by molar-refractivity contribution is 6.05. The Kier molecular flexibility index (Phi) is 5.11. The van der Waals surface area contributed by atoms with E-state index in [1.807, 2.05) is 18.2 Å². The summed E-state index contributed by atoms with van der Waals surface area (Å²) in [6.45, 7) is 4.04. The number of hydrogen-bond donors (Lipinski definition) is 2. The van der Waals surface area contributed by atoms with Gasteiger partial charge in [0, 0.05) is 31.6 Å². The summed E-state index contributed by atoms with van der Waals surface area (Å²) in [4.78, 5) is 41.2. The van der Waals surface area contributed by atoms with E-state index in [4.69, 9.17) is 5.73 Å². The first kappa shape index (κ1) is 19.7. The Bertz CT molecular complexity index is 881. The molecule has 2 saturated heterocycles. The molecule has 1 unspecified atom stereocenters. The van der Waals surface area contributed by atoms with Gasteiger partial charge < -0.3 is 10.6 Å². The Hall–Kier alpha value is -2.25. The van der Waals surface area contributed by atoms with Gasteiger partial charge in [-0.15, -0.1) is 0 Å². The van der Waals surface area contributed by atoms with Crippen molar-refractivity contribution in [3.05, 3.63) is 34.9 Å². The quantitative estimate of drug-likeness (QED) is 0.713. The summed E-state index contributed by atoms with van der Waals surface area (Å²) in [5.74, 6) is 1.44. The van der Waals surface area contributed by atoms with Crippen LogP contribution in [0.3, 0.4) is 0 Å². The number of carbonyl (C=O) groups excluding carboxylic acids is 3. The van der Waals surface area contributed by atoms with Gasteiger partial charge in [-0.25, -0.2) is 0 Å². The fourth-order valence-electron chi connectivity index (χ4n) is 5.66. The van der Waals surface area contributed by atoms with E-state index in [1.165, 1.54) is 12.8 Å². The molecule has 3 amide bonds. The zero-order valence-corrected chi connectivity index (χ0v) is 17.3. The molecule has 1 saturated carbocycles. The number of nitrogens with two attached hydrogens (primary N) is 1. The van der Waals surface area contributed by atoms with Crippen molar-refractivity contribution in [3.63, 3.8) is 0 Å². The van der Waals surface area contributed by atoms with Crippen molar-refractivity contribution in [3.8, 4) is 0 Å². The molecule has 1 aromatic carbocycles. The van der Waals surface area contributed by atoms with E-state index in [9.17, 15) is 14.4 Å². The minimum atomic E-state index is -0.560. The number of carbonyl (C=O) groups is 3. The lowest BCUT2D eigenvalue weighted by Gasteiger charge is -2.38. The van der Waals surface area contributed by atoms with Gasteiger partial charge in [-0.05, 0) is 67.7 Å². The van der Waals surface area contributed by atoms with Crippen LogP contribution in [0.4, 0.5) is 0 Å². The molecule has 3 N–H and O–H groups in total. The predicted molar refractivity (Wildman–Crippen MR) is 111 cm³/mol. The number of benzene rings is 1. The summed E-state index contributed by atoms with van der Waals surface area (Å²) in [7, 11) is 0. The standard InChI is InChI=1S/C23H30N4O3/c24-10-15-8-9-26(13-18(15)14-4-5-14)11-16-2-1-3-17-12-27(23(30)21(16)17)19-6-7-20(28)25-22(19)29/h1-3,14-15,18-19H,4-13,24H2,(H,25,28,29)/t15-,18+,19?/m0/s1. The first-order valence-corrected chi connectivity index (χ1v) is 11.2. The Labute approximate surface area is 177 Å². The van der Waals surface area contributed by atoms with Crippen LogP contribution >= 0.6 is 0 Å². The van der Waals surface area contributed by atoms with Crippen molar-refractivity contribution in [1.29, 1.82) is 0 Å². The van der Waals surface area contributed by atoms with Gasteiger partial charge >= 0.3 is 0 Å². The zero-order chi connectivity index (χ0) is 20.8. The number of imide groups is 1. The average molecular weight is 411 g/mol. The summed E-state index contributed by atoms with van der Waals surface area (Å²) >= 11 is 0. The summed E-state index contributed by atoms with van der Waals surface area (Å²) in [6, 6.07) is 5.48. The predicted octanol–water partition coefficient (Wildman–Crippen LogP) is 1.25. The monoisotopic (exact) mass is 410 g/mol. The second-order valence-electron chi connectivity index (χ2n) is 9.37. The van der Waals surface area contributed by atoms with Crippen LogP contribution in [-0.2, 0) is 22.7 Å². The largest absolute Gasteiger partial charge is 0.330 e. The van der Waals surface area contributed by atoms with Crippen molar-refractivity contribution in [2.24, 2.45) is 23.5 Å². The number of piperidine rings is 2. The van der Waals surface area contributed by atoms with Gasteiger partial charge in [0.05, 0.1) is 0 Å². The fourth-order valence-corrected chi connectivity index (χ4v) is 5.66. The molecule has 4 aliphatic rings. The van der Waals surface area contributed by atoms with Crippen LogP contribution in [0.2, 0.25) is 0 Å². The van der Waals surface area contributed by atoms with E-state index in [-0.39, 0.29) is 24.1 Å². The third-order valence-corrected chi connectivity index (χ3v) is 7.45. The van der Waals surface area contributed by atoms with E-state index < -0.39 is 6.04 Å². The fraction of sp³-hybridized carbons (Fsp3) is 0.609. The van der Waals surface area contributed by atoms with Crippen LogP contribution in [0, 0.1) is 17.8 Å². The van der Waals surface area contributed by atoms with Crippen LogP contribution in [0.25, 0.3) is 0 Å². The van der Waals surface area contributed by atoms with Crippen molar-refractivity contribution in [2.45, 2.75) is 51.2 Å². The second-order valence-corrected chi connectivity index (χ2v) is 9.37. The van der Waals surface area contributed by atoms with Gasteiger partial charge in [0.2, 0.25) is 11.8 Å². The number of nitrogens with zero attached hydrogens (tertiary/aromatic N) is 2. The molecular formula is C23H30N4O3. The van der Waals surface area contributed by atoms with Crippen LogP contribution < -0.4 is 11.1 Å². The summed E-state index contributed by atoms with van der Waals surface area (Å²) in [6.07, 6.45) is 4.46. The van der Waals surface area contributed by atoms with E-state index in [0.29, 0.717) is 24.8 Å². The maximum absolute atomic E-state index is 13.3. The maximum Gasteiger partial charge on any atom is 0.255 e. The van der Waals surface area contributed by atoms with Crippen molar-refractivity contribution in [2.75, 3.05) is 19.6 Å². The molecule has 160 valence electrons. The molecule has 3 atom stereocenters. The summed E-state index contributed by atoms with van der Waals surface area (Å²) < 4.78 is 0. The molecule has 3 heterocycles. The molecule has 1 aliphatic carbocycles. The van der Waals surface area contributed by atoms with E-state index in [1.54, 1.807) is 4.90 Å². The lowest BCUT2D eigenvalue weighted by atomic mass is 9.82. The molecule has 3 aliphatic heterocycles. The van der Waals surface area contributed by atoms with Gasteiger partial charge in [0.25, 0.3) is 5.91 Å². The van der Waals surface area contributed by atoms with Gasteiger partial charge in [-0.1, -0.05) is 18.2 Å². The van der Waals surface area contributed by atoms with E-state index >= 15 is 0 Å². The number of likely N-dealkylation sites (tertiary alicyclic amines) is 1. The highest BCUT2D eigenvalue weighted by Crippen LogP contribution is 2.43. The van der Waals surface area contributed by atoms with E-state index in [2.05, 4.69) is 10.2 Å². The van der Waals surface area contributed by atoms with Gasteiger partial charge in [-0.3, -0.25) is 24.6 Å². The molecule has 30 heavy (non-hydrogen) atoms. The maximum atomic E-state index is 13.3. The highest BCUT2D eigenvalue weighted by atomic mass is 16.2. The third kappa shape index (κ3) is 3.54. The lowest BCUT2D eigenvalue weighted by molar-refractivity contribution is -0.136. The van der Waals surface area contributed by atoms with Gasteiger partial charge in [-0.2, -0.15) is 0 Å². The molecule has 3 fully saturated rings. The molecule has 7 heteroatoms. The zero-order valence-electron chi connectivity index (χ0n) is 17.3. The van der Waals surface area contributed by atoms with Crippen LogP contribution in [-0.4, -0.2) is 53.2 Å². The molecule has 7 nitrogen and oxygen atoms in total. The van der Waals surface area contributed by atoms with Crippen LogP contribution in [0.1, 0.15) is 53.6 Å². The SMILES string of the molecule is NC[C@@H]1CCN(Cc2cccc3c2C(=O)N(C2CCC(=O)NC2=O)C3)C[C@@H]1C1CC1. The minimum Gasteiger partial charge on any atom is -0.330 e. The average Bonchev–Trinajstić information content (AvgIpc) is 3.52. The number of fused-ring (bicyclic) bond motifs is 1. The number of rotatable bonds is 5. The van der Waals surface area contributed by atoms with Crippen molar-refractivity contribution in [1.82, 2.24) is 15.1 Å². The minimum absolute atomic E-state index is 0.0781. The molecule has 0 bridgehead atoms. The second kappa shape index (κ2) is 7.78. The molecular weight excluding hydrogens is 380 g/mol. The first-order chi connectivity index (χ1) is 14.5. The Morgan fingerprint density at radius 2 is 1.93 bits per heavy atom. The lowest BCUT2D eigenvalue weighted by Crippen LogP contribution is -2.52. The Morgan fingerprint density at radius 3 is 2.67 bits per heavy atom. The number of nitrogens with one attached hydrogen (secondary N) is 1. The van der Waals surface area contributed by atoms with Crippen molar-refractivity contribution < 1.29 is 14.4 Å². The van der Waals surface area contributed by atoms with Crippen molar-refractivity contribution >= 4 is 17.7 Å². The van der Waals surface area contributed by atoms with Crippen LogP contribution in [0.15, 0.2) is 18.2 Å². The Morgan fingerprint density at radius 1 is 1.10 bits per heavy atom. The molecule has 1 aromatic rings. The van der Waals surface area contributed by atoms with Gasteiger partial charge in [0.15, 0.2) is 0 Å². The normalized spacial score (nSPS) is 29.8. The van der Waals surface area contributed by atoms with Crippen LogP contribution in [0.5, 0.6) is 0 Å². The van der Waals surface area contributed by atoms with E-state index in [0.717, 1.165) is 55.2 Å². The molecule has 5 rings (SSSR count). The highest BCUT2D eigenvalue weighted by Gasteiger charge is 2.42. The van der Waals surface area contributed by atoms with Gasteiger partial charge in [0.1, 0.15) is 6.04 Å². The topological polar surface area (TPSA) is 95.7 Å². The molecule has 0 radical (unpaired) electrons. The smallest absolute Gasteiger partial charge is 0.255 e. The first-order valence-electron chi connectivity index (χ1n) is 11.2. The Balaban J connectivity index is 1.33. The number of hydrogen-bond acceptors (Lipinski definition) is 5. The molecule has 0 aromatic heterocycles. The summed E-state index contributed by atoms with van der Waals surface area (Å²) in [5.41, 5.74) is 8.82.